The maximum atomic E-state index is 11.7. The maximum absolute atomic E-state index is 11.7. The van der Waals surface area contributed by atoms with Crippen LogP contribution in [0, 0.1) is 0 Å². The molecule has 1 aromatic heterocycles. The number of hydrogen-bond acceptors (Lipinski definition) is 3. The number of hydrogen-bond donors (Lipinski definition) is 3. The van der Waals surface area contributed by atoms with Crippen LogP contribution in [0.3, 0.4) is 0 Å². The van der Waals surface area contributed by atoms with Gasteiger partial charge in [-0.3, -0.25) is 4.79 Å². The van der Waals surface area contributed by atoms with E-state index in [1.54, 1.807) is 0 Å². The Morgan fingerprint density at radius 3 is 2.09 bits per heavy atom. The molecule has 0 amide bonds. The van der Waals surface area contributed by atoms with Crippen LogP contribution >= 0.6 is 0 Å². The average Bonchev–Trinajstić information content (AvgIpc) is 3.25. The number of carboxylic acids is 1. The summed E-state index contributed by atoms with van der Waals surface area (Å²) in [5.74, 6) is -0.784. The third kappa shape index (κ3) is 11.6. The monoisotopic (exact) mass is 468 g/mol. The predicted octanol–water partition coefficient (Wildman–Crippen LogP) is 6.97. The summed E-state index contributed by atoms with van der Waals surface area (Å²) in [6.45, 7) is 0.749. The zero-order valence-corrected chi connectivity index (χ0v) is 20.8. The molecule has 2 aromatic rings. The van der Waals surface area contributed by atoms with Crippen molar-refractivity contribution >= 4 is 23.2 Å². The Morgan fingerprint density at radius 1 is 0.853 bits per heavy atom. The number of aliphatic carboxylic acids is 1. The van der Waals surface area contributed by atoms with Gasteiger partial charge in [0.15, 0.2) is 0 Å². The Balaban J connectivity index is 1.43. The fourth-order valence-electron chi connectivity index (χ4n) is 4.39. The molecule has 0 spiro atoms. The average molecular weight is 469 g/mol. The number of unbranched alkanes of at least 4 members (excludes halogenated alkanes) is 12. The molecule has 1 atom stereocenters. The van der Waals surface area contributed by atoms with Crippen molar-refractivity contribution in [2.45, 2.75) is 102 Å². The van der Waals surface area contributed by atoms with Crippen LogP contribution in [0.1, 0.15) is 95.5 Å². The van der Waals surface area contributed by atoms with Gasteiger partial charge in [0.25, 0.3) is 0 Å². The van der Waals surface area contributed by atoms with Gasteiger partial charge in [0.1, 0.15) is 12.3 Å². The Bertz CT molecular complexity index is 843. The summed E-state index contributed by atoms with van der Waals surface area (Å²) in [6.07, 6.45) is 24.3. The van der Waals surface area contributed by atoms with Crippen LogP contribution < -0.4 is 5.32 Å². The summed E-state index contributed by atoms with van der Waals surface area (Å²) in [5, 5.41) is 13.9. The largest absolute Gasteiger partial charge is 0.480 e. The van der Waals surface area contributed by atoms with Crippen molar-refractivity contribution < 1.29 is 14.7 Å². The third-order valence-electron chi connectivity index (χ3n) is 6.44. The molecular weight excluding hydrogens is 424 g/mol. The quantitative estimate of drug-likeness (QED) is 0.105. The lowest BCUT2D eigenvalue weighted by atomic mass is 10.0. The highest BCUT2D eigenvalue weighted by Gasteiger charge is 2.18. The summed E-state index contributed by atoms with van der Waals surface area (Å²) in [6, 6.07) is 7.48. The molecule has 3 N–H and O–H groups in total. The summed E-state index contributed by atoms with van der Waals surface area (Å²) < 4.78 is 0. The van der Waals surface area contributed by atoms with E-state index in [2.05, 4.69) is 22.5 Å². The highest BCUT2D eigenvalue weighted by atomic mass is 16.4. The first-order valence-electron chi connectivity index (χ1n) is 13.3. The van der Waals surface area contributed by atoms with E-state index < -0.39 is 12.0 Å². The van der Waals surface area contributed by atoms with E-state index in [-0.39, 0.29) is 0 Å². The molecule has 1 aromatic carbocycles. The van der Waals surface area contributed by atoms with Gasteiger partial charge in [-0.2, -0.15) is 0 Å². The van der Waals surface area contributed by atoms with E-state index in [0.29, 0.717) is 12.8 Å². The van der Waals surface area contributed by atoms with Gasteiger partial charge < -0.3 is 20.2 Å². The van der Waals surface area contributed by atoms with Crippen LogP contribution in [0.5, 0.6) is 0 Å². The number of rotatable bonds is 21. The van der Waals surface area contributed by atoms with Gasteiger partial charge in [-0.05, 0) is 56.7 Å². The van der Waals surface area contributed by atoms with Crippen molar-refractivity contribution in [1.29, 1.82) is 0 Å². The molecule has 0 fully saturated rings. The van der Waals surface area contributed by atoms with Gasteiger partial charge in [0, 0.05) is 29.9 Å². The molecule has 0 saturated carbocycles. The van der Waals surface area contributed by atoms with Gasteiger partial charge in [-0.25, -0.2) is 0 Å². The summed E-state index contributed by atoms with van der Waals surface area (Å²) in [4.78, 5) is 25.2. The van der Waals surface area contributed by atoms with Gasteiger partial charge in [0.05, 0.1) is 0 Å². The second-order valence-corrected chi connectivity index (χ2v) is 9.30. The molecule has 188 valence electrons. The summed E-state index contributed by atoms with van der Waals surface area (Å²) >= 11 is 0. The lowest BCUT2D eigenvalue weighted by Crippen LogP contribution is -2.39. The SMILES string of the molecule is O=CCCCCCCCC=CCCCCCCCCNC(Cc1c[nH]c2ccccc12)C(=O)O. The molecule has 1 heterocycles. The molecule has 0 radical (unpaired) electrons. The first-order valence-corrected chi connectivity index (χ1v) is 13.3. The van der Waals surface area contributed by atoms with Gasteiger partial charge in [-0.15, -0.1) is 0 Å². The number of aromatic amines is 1. The maximum Gasteiger partial charge on any atom is 0.321 e. The number of H-pyrrole nitrogens is 1. The summed E-state index contributed by atoms with van der Waals surface area (Å²) in [5.41, 5.74) is 2.10. The number of aldehydes is 1. The second-order valence-electron chi connectivity index (χ2n) is 9.30. The van der Waals surface area contributed by atoms with E-state index in [9.17, 15) is 14.7 Å². The normalized spacial score (nSPS) is 12.5. The van der Waals surface area contributed by atoms with Crippen molar-refractivity contribution in [2.75, 3.05) is 6.54 Å². The summed E-state index contributed by atoms with van der Waals surface area (Å²) in [7, 11) is 0. The molecule has 0 aliphatic rings. The predicted molar refractivity (Wildman–Crippen MR) is 141 cm³/mol. The smallest absolute Gasteiger partial charge is 0.321 e. The number of carboxylic acid groups (broad SMARTS) is 1. The molecule has 34 heavy (non-hydrogen) atoms. The number of aromatic nitrogens is 1. The second kappa shape index (κ2) is 18.0. The number of fused-ring (bicyclic) bond motifs is 1. The highest BCUT2D eigenvalue weighted by Crippen LogP contribution is 2.19. The number of benzene rings is 1. The molecule has 0 saturated heterocycles. The number of para-hydroxylation sites is 1. The minimum Gasteiger partial charge on any atom is -0.480 e. The fourth-order valence-corrected chi connectivity index (χ4v) is 4.39. The number of carbonyl (C=O) groups excluding carboxylic acids is 1. The topological polar surface area (TPSA) is 82.2 Å². The van der Waals surface area contributed by atoms with Crippen molar-refractivity contribution in [3.8, 4) is 0 Å². The Kier molecular flexibility index (Phi) is 14.7. The number of nitrogens with one attached hydrogen (secondary N) is 2. The van der Waals surface area contributed by atoms with Gasteiger partial charge in [-0.1, -0.05) is 75.3 Å². The molecule has 5 nitrogen and oxygen atoms in total. The molecule has 2 rings (SSSR count). The lowest BCUT2D eigenvalue weighted by molar-refractivity contribution is -0.139. The van der Waals surface area contributed by atoms with Crippen LogP contribution in [0.25, 0.3) is 10.9 Å². The van der Waals surface area contributed by atoms with Gasteiger partial charge >= 0.3 is 5.97 Å². The Morgan fingerprint density at radius 2 is 1.44 bits per heavy atom. The Hall–Kier alpha value is -2.40. The van der Waals surface area contributed by atoms with Crippen LogP contribution in [-0.2, 0) is 16.0 Å². The lowest BCUT2D eigenvalue weighted by Gasteiger charge is -2.14. The third-order valence-corrected chi connectivity index (χ3v) is 6.44. The van der Waals surface area contributed by atoms with E-state index in [0.717, 1.165) is 48.6 Å². The van der Waals surface area contributed by atoms with E-state index in [1.807, 2.05) is 30.5 Å². The van der Waals surface area contributed by atoms with Crippen LogP contribution in [0.4, 0.5) is 0 Å². The fraction of sp³-hybridized carbons (Fsp3) is 0.586. The molecular formula is C29H44N2O3. The molecule has 5 heteroatoms. The highest BCUT2D eigenvalue weighted by molar-refractivity contribution is 5.84. The van der Waals surface area contributed by atoms with E-state index in [4.69, 9.17) is 0 Å². The zero-order valence-electron chi connectivity index (χ0n) is 20.8. The van der Waals surface area contributed by atoms with E-state index in [1.165, 1.54) is 64.2 Å². The van der Waals surface area contributed by atoms with Crippen LogP contribution in [0.2, 0.25) is 0 Å². The first-order chi connectivity index (χ1) is 16.7. The van der Waals surface area contributed by atoms with Crippen molar-refractivity contribution in [3.63, 3.8) is 0 Å². The Labute approximate surface area is 205 Å². The molecule has 0 aliphatic carbocycles. The standard InChI is InChI=1S/C29H44N2O3/c32-22-18-14-12-10-8-6-4-2-1-3-5-7-9-11-13-17-21-30-28(29(33)34)23-25-24-31-27-20-16-15-19-26(25)27/h1-2,15-16,19-20,22,24,28,30-31H,3-14,17-18,21,23H2,(H,33,34). The minimum atomic E-state index is -0.784. The van der Waals surface area contributed by atoms with E-state index >= 15 is 0 Å². The first kappa shape index (κ1) is 27.8. The minimum absolute atomic E-state index is 0.494. The zero-order chi connectivity index (χ0) is 24.3. The number of carbonyl (C=O) groups is 2. The van der Waals surface area contributed by atoms with Crippen molar-refractivity contribution in [2.24, 2.45) is 0 Å². The molecule has 0 aliphatic heterocycles. The number of allylic oxidation sites excluding steroid dienone is 2. The van der Waals surface area contributed by atoms with Crippen LogP contribution in [0.15, 0.2) is 42.6 Å². The van der Waals surface area contributed by atoms with Crippen LogP contribution in [-0.4, -0.2) is 34.9 Å². The van der Waals surface area contributed by atoms with Gasteiger partial charge in [0.2, 0.25) is 0 Å². The van der Waals surface area contributed by atoms with Crippen molar-refractivity contribution in [1.82, 2.24) is 10.3 Å². The van der Waals surface area contributed by atoms with Crippen molar-refractivity contribution in [3.05, 3.63) is 48.2 Å². The molecule has 1 unspecified atom stereocenters. The molecule has 0 bridgehead atoms.